The Labute approximate surface area is 121 Å². The average molecular weight is 296 g/mol. The van der Waals surface area contributed by atoms with Crippen LogP contribution in [-0.4, -0.2) is 40.9 Å². The molecule has 0 radical (unpaired) electrons. The minimum absolute atomic E-state index is 0.136. The number of benzene rings is 1. The lowest BCUT2D eigenvalue weighted by Gasteiger charge is -2.10. The van der Waals surface area contributed by atoms with Crippen LogP contribution in [0.2, 0.25) is 0 Å². The Kier molecular flexibility index (Phi) is 5.43. The first-order valence-electron chi connectivity index (χ1n) is 6.36. The maximum atomic E-state index is 11.7. The molecule has 1 fully saturated rings. The van der Waals surface area contributed by atoms with Crippen LogP contribution in [0.15, 0.2) is 30.3 Å². The summed E-state index contributed by atoms with van der Waals surface area (Å²) in [7, 11) is 0. The molecule has 1 aromatic carbocycles. The molecular formula is C14H16O5S. The predicted octanol–water partition coefficient (Wildman–Crippen LogP) is 2.17. The summed E-state index contributed by atoms with van der Waals surface area (Å²) in [5.74, 6) is -1.17. The fourth-order valence-corrected chi connectivity index (χ4v) is 2.98. The summed E-state index contributed by atoms with van der Waals surface area (Å²) in [4.78, 5) is 22.2. The van der Waals surface area contributed by atoms with E-state index in [1.165, 1.54) is 11.8 Å². The monoisotopic (exact) mass is 296 g/mol. The Morgan fingerprint density at radius 1 is 1.35 bits per heavy atom. The predicted molar refractivity (Wildman–Crippen MR) is 74.7 cm³/mol. The third kappa shape index (κ3) is 4.54. The number of hydrogen-bond donors (Lipinski definition) is 1. The summed E-state index contributed by atoms with van der Waals surface area (Å²) < 4.78 is 10.7. The van der Waals surface area contributed by atoms with Crippen LogP contribution in [0.4, 0.5) is 0 Å². The van der Waals surface area contributed by atoms with Crippen molar-refractivity contribution in [3.8, 4) is 0 Å². The zero-order valence-corrected chi connectivity index (χ0v) is 11.7. The van der Waals surface area contributed by atoms with Crippen LogP contribution in [0.3, 0.4) is 0 Å². The molecule has 0 bridgehead atoms. The first-order chi connectivity index (χ1) is 9.65. The second-order valence-corrected chi connectivity index (χ2v) is 5.88. The summed E-state index contributed by atoms with van der Waals surface area (Å²) in [6.07, 6.45) is 0.709. The van der Waals surface area contributed by atoms with Crippen molar-refractivity contribution in [2.24, 2.45) is 0 Å². The highest BCUT2D eigenvalue weighted by molar-refractivity contribution is 8.00. The zero-order chi connectivity index (χ0) is 14.4. The van der Waals surface area contributed by atoms with E-state index in [1.807, 2.05) is 6.07 Å². The van der Waals surface area contributed by atoms with Crippen LogP contribution >= 0.6 is 11.8 Å². The van der Waals surface area contributed by atoms with E-state index < -0.39 is 5.97 Å². The first-order valence-corrected chi connectivity index (χ1v) is 7.30. The average Bonchev–Trinajstić information content (AvgIpc) is 2.91. The SMILES string of the molecule is O=C(O)CCC1COC(COC(=O)c2ccccc2)S1. The van der Waals surface area contributed by atoms with Gasteiger partial charge in [0.05, 0.1) is 12.2 Å². The van der Waals surface area contributed by atoms with Crippen molar-refractivity contribution in [2.45, 2.75) is 23.5 Å². The van der Waals surface area contributed by atoms with E-state index in [1.54, 1.807) is 24.3 Å². The highest BCUT2D eigenvalue weighted by Gasteiger charge is 2.27. The van der Waals surface area contributed by atoms with Gasteiger partial charge in [-0.15, -0.1) is 11.8 Å². The fourth-order valence-electron chi connectivity index (χ4n) is 1.83. The number of carbonyl (C=O) groups is 2. The molecule has 1 aromatic rings. The summed E-state index contributed by atoms with van der Waals surface area (Å²) in [5.41, 5.74) is 0.305. The van der Waals surface area contributed by atoms with E-state index >= 15 is 0 Å². The van der Waals surface area contributed by atoms with E-state index in [9.17, 15) is 9.59 Å². The number of esters is 1. The van der Waals surface area contributed by atoms with Crippen LogP contribution < -0.4 is 0 Å². The summed E-state index contributed by atoms with van der Waals surface area (Å²) >= 11 is 1.53. The second-order valence-electron chi connectivity index (χ2n) is 4.42. The van der Waals surface area contributed by atoms with Gasteiger partial charge in [0.15, 0.2) is 0 Å². The van der Waals surface area contributed by atoms with Gasteiger partial charge in [-0.05, 0) is 18.6 Å². The lowest BCUT2D eigenvalue weighted by atomic mass is 10.2. The molecule has 6 heteroatoms. The smallest absolute Gasteiger partial charge is 0.338 e. The minimum atomic E-state index is -0.801. The minimum Gasteiger partial charge on any atom is -0.481 e. The van der Waals surface area contributed by atoms with Crippen molar-refractivity contribution in [1.82, 2.24) is 0 Å². The van der Waals surface area contributed by atoms with Crippen molar-refractivity contribution in [3.63, 3.8) is 0 Å². The van der Waals surface area contributed by atoms with Gasteiger partial charge in [-0.25, -0.2) is 4.79 Å². The molecule has 5 nitrogen and oxygen atoms in total. The zero-order valence-electron chi connectivity index (χ0n) is 10.9. The van der Waals surface area contributed by atoms with E-state index in [-0.39, 0.29) is 29.7 Å². The Morgan fingerprint density at radius 3 is 2.80 bits per heavy atom. The number of aliphatic carboxylic acids is 1. The van der Waals surface area contributed by atoms with Crippen molar-refractivity contribution >= 4 is 23.7 Å². The van der Waals surface area contributed by atoms with Crippen LogP contribution in [0.1, 0.15) is 23.2 Å². The lowest BCUT2D eigenvalue weighted by Crippen LogP contribution is -2.15. The van der Waals surface area contributed by atoms with Gasteiger partial charge in [-0.2, -0.15) is 0 Å². The summed E-state index contributed by atoms with van der Waals surface area (Å²) in [5, 5.41) is 8.78. The number of carbonyl (C=O) groups excluding carboxylic acids is 1. The number of carboxylic acids is 1. The van der Waals surface area contributed by atoms with E-state index in [4.69, 9.17) is 14.6 Å². The summed E-state index contributed by atoms with van der Waals surface area (Å²) in [6, 6.07) is 8.78. The molecule has 108 valence electrons. The van der Waals surface area contributed by atoms with E-state index in [2.05, 4.69) is 0 Å². The molecule has 0 amide bonds. The number of hydrogen-bond acceptors (Lipinski definition) is 5. The third-order valence-electron chi connectivity index (χ3n) is 2.85. The molecule has 0 spiro atoms. The van der Waals surface area contributed by atoms with Crippen LogP contribution in [0, 0.1) is 0 Å². The molecule has 0 saturated carbocycles. The molecule has 20 heavy (non-hydrogen) atoms. The molecule has 2 atom stereocenters. The van der Waals surface area contributed by atoms with Gasteiger partial charge in [-0.1, -0.05) is 18.2 Å². The molecule has 0 aliphatic carbocycles. The first kappa shape index (κ1) is 14.9. The number of rotatable bonds is 6. The van der Waals surface area contributed by atoms with Gasteiger partial charge in [0.25, 0.3) is 0 Å². The summed E-state index contributed by atoms with van der Waals surface area (Å²) in [6.45, 7) is 0.688. The molecule has 1 saturated heterocycles. The normalized spacial score (nSPS) is 21.6. The Morgan fingerprint density at radius 2 is 2.10 bits per heavy atom. The molecule has 1 N–H and O–H groups in total. The van der Waals surface area contributed by atoms with Crippen molar-refractivity contribution < 1.29 is 24.2 Å². The quantitative estimate of drug-likeness (QED) is 0.811. The second kappa shape index (κ2) is 7.31. The number of carboxylic acid groups (broad SMARTS) is 1. The van der Waals surface area contributed by atoms with Crippen molar-refractivity contribution in [2.75, 3.05) is 13.2 Å². The molecule has 2 unspecified atom stereocenters. The Hall–Kier alpha value is -1.53. The van der Waals surface area contributed by atoms with Crippen LogP contribution in [-0.2, 0) is 14.3 Å². The fraction of sp³-hybridized carbons (Fsp3) is 0.429. The molecule has 0 aromatic heterocycles. The van der Waals surface area contributed by atoms with Gasteiger partial charge in [-0.3, -0.25) is 4.79 Å². The lowest BCUT2D eigenvalue weighted by molar-refractivity contribution is -0.137. The third-order valence-corrected chi connectivity index (χ3v) is 4.18. The number of thioether (sulfide) groups is 1. The van der Waals surface area contributed by atoms with Gasteiger partial charge in [0, 0.05) is 11.7 Å². The van der Waals surface area contributed by atoms with E-state index in [0.29, 0.717) is 18.6 Å². The van der Waals surface area contributed by atoms with Gasteiger partial charge < -0.3 is 14.6 Å². The number of ether oxygens (including phenoxy) is 2. The molecule has 1 aliphatic heterocycles. The van der Waals surface area contributed by atoms with Crippen molar-refractivity contribution in [1.29, 1.82) is 0 Å². The van der Waals surface area contributed by atoms with E-state index in [0.717, 1.165) is 0 Å². The maximum absolute atomic E-state index is 11.7. The topological polar surface area (TPSA) is 72.8 Å². The van der Waals surface area contributed by atoms with Gasteiger partial charge in [0.2, 0.25) is 0 Å². The van der Waals surface area contributed by atoms with Crippen molar-refractivity contribution in [3.05, 3.63) is 35.9 Å². The molecule has 2 rings (SSSR count). The Bertz CT molecular complexity index is 462. The van der Waals surface area contributed by atoms with Crippen LogP contribution in [0.5, 0.6) is 0 Å². The van der Waals surface area contributed by atoms with Crippen LogP contribution in [0.25, 0.3) is 0 Å². The largest absolute Gasteiger partial charge is 0.481 e. The van der Waals surface area contributed by atoms with Gasteiger partial charge in [0.1, 0.15) is 12.0 Å². The standard InChI is InChI=1S/C14H16O5S/c15-12(16)7-6-11-8-18-13(20-11)9-19-14(17)10-4-2-1-3-5-10/h1-5,11,13H,6-9H2,(H,15,16). The van der Waals surface area contributed by atoms with Gasteiger partial charge >= 0.3 is 11.9 Å². The molecule has 1 heterocycles. The highest BCUT2D eigenvalue weighted by atomic mass is 32.2. The maximum Gasteiger partial charge on any atom is 0.338 e. The molecular weight excluding hydrogens is 280 g/mol. The highest BCUT2D eigenvalue weighted by Crippen LogP contribution is 2.30. The molecule has 1 aliphatic rings. The Balaban J connectivity index is 1.70.